The third-order valence-corrected chi connectivity index (χ3v) is 5.41. The molecule has 2 aliphatic heterocycles. The highest BCUT2D eigenvalue weighted by molar-refractivity contribution is 5.92. The van der Waals surface area contributed by atoms with Crippen LogP contribution in [0, 0.1) is 0 Å². The average molecular weight is 360 g/mol. The standard InChI is InChI=1S/C20H28N2O4/c1-20(25,11-7-15-5-3-2-4-6-15)19(24)21-17-8-12-22(18(17)23)16-9-13-26-14-10-16/h2-6,16-17,25H,7-14H2,1H3,(H,21,24). The van der Waals surface area contributed by atoms with E-state index in [1.165, 1.54) is 6.92 Å². The molecule has 0 aromatic heterocycles. The van der Waals surface area contributed by atoms with Crippen LogP contribution in [0.5, 0.6) is 0 Å². The summed E-state index contributed by atoms with van der Waals surface area (Å²) in [5.41, 5.74) is -0.425. The van der Waals surface area contributed by atoms with Crippen molar-refractivity contribution in [2.45, 2.75) is 56.7 Å². The van der Waals surface area contributed by atoms with Crippen molar-refractivity contribution in [3.8, 4) is 0 Å². The maximum Gasteiger partial charge on any atom is 0.252 e. The zero-order chi connectivity index (χ0) is 18.6. The number of nitrogens with zero attached hydrogens (tertiary/aromatic N) is 1. The lowest BCUT2D eigenvalue weighted by molar-refractivity contribution is -0.143. The Morgan fingerprint density at radius 1 is 1.27 bits per heavy atom. The molecule has 2 N–H and O–H groups in total. The zero-order valence-electron chi connectivity index (χ0n) is 15.3. The van der Waals surface area contributed by atoms with Gasteiger partial charge in [0.25, 0.3) is 5.91 Å². The zero-order valence-corrected chi connectivity index (χ0v) is 15.3. The lowest BCUT2D eigenvalue weighted by atomic mass is 9.95. The summed E-state index contributed by atoms with van der Waals surface area (Å²) in [7, 11) is 0. The Bertz CT molecular complexity index is 626. The van der Waals surface area contributed by atoms with Crippen LogP contribution >= 0.6 is 0 Å². The van der Waals surface area contributed by atoms with Gasteiger partial charge in [0, 0.05) is 25.8 Å². The topological polar surface area (TPSA) is 78.9 Å². The first kappa shape index (κ1) is 18.9. The molecule has 1 aromatic carbocycles. The summed E-state index contributed by atoms with van der Waals surface area (Å²) in [5, 5.41) is 13.3. The minimum Gasteiger partial charge on any atom is -0.381 e. The van der Waals surface area contributed by atoms with Gasteiger partial charge in [-0.05, 0) is 44.6 Å². The summed E-state index contributed by atoms with van der Waals surface area (Å²) in [5.74, 6) is -0.510. The fraction of sp³-hybridized carbons (Fsp3) is 0.600. The molecule has 0 radical (unpaired) electrons. The second-order valence-corrected chi connectivity index (χ2v) is 7.45. The minimum atomic E-state index is -1.50. The summed E-state index contributed by atoms with van der Waals surface area (Å²) in [6, 6.07) is 9.42. The first-order chi connectivity index (χ1) is 12.5. The number of rotatable bonds is 6. The highest BCUT2D eigenvalue weighted by Gasteiger charge is 2.40. The van der Waals surface area contributed by atoms with Crippen molar-refractivity contribution in [2.24, 2.45) is 0 Å². The molecule has 2 amide bonds. The van der Waals surface area contributed by atoms with E-state index >= 15 is 0 Å². The van der Waals surface area contributed by atoms with Gasteiger partial charge in [-0.15, -0.1) is 0 Å². The van der Waals surface area contributed by atoms with Crippen LogP contribution in [-0.4, -0.2) is 59.3 Å². The average Bonchev–Trinajstić information content (AvgIpc) is 3.02. The summed E-state index contributed by atoms with van der Waals surface area (Å²) >= 11 is 0. The summed E-state index contributed by atoms with van der Waals surface area (Å²) in [6.45, 7) is 3.53. The van der Waals surface area contributed by atoms with Crippen molar-refractivity contribution >= 4 is 11.8 Å². The molecule has 2 fully saturated rings. The maximum atomic E-state index is 12.6. The van der Waals surface area contributed by atoms with Gasteiger partial charge < -0.3 is 20.1 Å². The molecular weight excluding hydrogens is 332 g/mol. The third kappa shape index (κ3) is 4.43. The summed E-state index contributed by atoms with van der Waals surface area (Å²) in [4.78, 5) is 27.0. The molecule has 0 saturated carbocycles. The van der Waals surface area contributed by atoms with Gasteiger partial charge in [-0.1, -0.05) is 30.3 Å². The van der Waals surface area contributed by atoms with E-state index in [1.54, 1.807) is 0 Å². The first-order valence-corrected chi connectivity index (χ1v) is 9.43. The third-order valence-electron chi connectivity index (χ3n) is 5.41. The highest BCUT2D eigenvalue weighted by Crippen LogP contribution is 2.22. The van der Waals surface area contributed by atoms with Crippen LogP contribution in [0.25, 0.3) is 0 Å². The van der Waals surface area contributed by atoms with Crippen LogP contribution in [0.15, 0.2) is 30.3 Å². The Morgan fingerprint density at radius 2 is 1.96 bits per heavy atom. The lowest BCUT2D eigenvalue weighted by Crippen LogP contribution is -2.52. The molecule has 2 saturated heterocycles. The van der Waals surface area contributed by atoms with Crippen LogP contribution in [0.1, 0.15) is 38.2 Å². The quantitative estimate of drug-likeness (QED) is 0.801. The number of carbonyl (C=O) groups is 2. The SMILES string of the molecule is CC(O)(CCc1ccccc1)C(=O)NC1CCN(C2CCOCC2)C1=O. The monoisotopic (exact) mass is 360 g/mol. The van der Waals surface area contributed by atoms with Crippen LogP contribution in [0.3, 0.4) is 0 Å². The molecule has 2 heterocycles. The molecule has 6 heteroatoms. The molecule has 2 unspecified atom stereocenters. The van der Waals surface area contributed by atoms with E-state index in [2.05, 4.69) is 5.32 Å². The van der Waals surface area contributed by atoms with Gasteiger partial charge in [-0.25, -0.2) is 0 Å². The normalized spacial score (nSPS) is 23.7. The highest BCUT2D eigenvalue weighted by atomic mass is 16.5. The molecule has 0 spiro atoms. The van der Waals surface area contributed by atoms with E-state index in [0.29, 0.717) is 39.0 Å². The Morgan fingerprint density at radius 3 is 2.65 bits per heavy atom. The number of amides is 2. The number of nitrogens with one attached hydrogen (secondary N) is 1. The number of hydrogen-bond donors (Lipinski definition) is 2. The number of likely N-dealkylation sites (tertiary alicyclic amines) is 1. The van der Waals surface area contributed by atoms with Gasteiger partial charge in [-0.2, -0.15) is 0 Å². The number of aliphatic hydroxyl groups is 1. The van der Waals surface area contributed by atoms with Crippen LogP contribution in [0.4, 0.5) is 0 Å². The first-order valence-electron chi connectivity index (χ1n) is 9.43. The summed E-state index contributed by atoms with van der Waals surface area (Å²) in [6.07, 6.45) is 3.21. The molecule has 26 heavy (non-hydrogen) atoms. The van der Waals surface area contributed by atoms with Gasteiger partial charge in [0.15, 0.2) is 0 Å². The number of aryl methyl sites for hydroxylation is 1. The molecular formula is C20H28N2O4. The molecule has 2 atom stereocenters. The second-order valence-electron chi connectivity index (χ2n) is 7.45. The van der Waals surface area contributed by atoms with E-state index in [9.17, 15) is 14.7 Å². The smallest absolute Gasteiger partial charge is 0.252 e. The van der Waals surface area contributed by atoms with Crippen molar-refractivity contribution in [2.75, 3.05) is 19.8 Å². The predicted octanol–water partition coefficient (Wildman–Crippen LogP) is 1.27. The Kier molecular flexibility index (Phi) is 5.94. The van der Waals surface area contributed by atoms with E-state index in [0.717, 1.165) is 18.4 Å². The number of ether oxygens (including phenoxy) is 1. The second kappa shape index (κ2) is 8.18. The number of carbonyl (C=O) groups excluding carboxylic acids is 2. The van der Waals surface area contributed by atoms with E-state index < -0.39 is 17.6 Å². The van der Waals surface area contributed by atoms with Gasteiger partial charge in [0.05, 0.1) is 0 Å². The fourth-order valence-electron chi connectivity index (χ4n) is 3.65. The number of benzene rings is 1. The van der Waals surface area contributed by atoms with E-state index in [4.69, 9.17) is 4.74 Å². The Hall–Kier alpha value is -1.92. The van der Waals surface area contributed by atoms with Crippen molar-refractivity contribution in [3.63, 3.8) is 0 Å². The predicted molar refractivity (Wildman–Crippen MR) is 97.5 cm³/mol. The molecule has 0 bridgehead atoms. The van der Waals surface area contributed by atoms with Crippen molar-refractivity contribution in [1.29, 1.82) is 0 Å². The Balaban J connectivity index is 1.52. The molecule has 0 aliphatic carbocycles. The van der Waals surface area contributed by atoms with Crippen molar-refractivity contribution in [3.05, 3.63) is 35.9 Å². The summed E-state index contributed by atoms with van der Waals surface area (Å²) < 4.78 is 5.35. The molecule has 2 aliphatic rings. The van der Waals surface area contributed by atoms with E-state index in [1.807, 2.05) is 35.2 Å². The van der Waals surface area contributed by atoms with Crippen LogP contribution < -0.4 is 5.32 Å². The van der Waals surface area contributed by atoms with Crippen LogP contribution in [-0.2, 0) is 20.7 Å². The molecule has 3 rings (SSSR count). The van der Waals surface area contributed by atoms with E-state index in [-0.39, 0.29) is 11.9 Å². The molecule has 142 valence electrons. The van der Waals surface area contributed by atoms with Gasteiger partial charge >= 0.3 is 0 Å². The van der Waals surface area contributed by atoms with Gasteiger partial charge in [-0.3, -0.25) is 9.59 Å². The fourth-order valence-corrected chi connectivity index (χ4v) is 3.65. The number of hydrogen-bond acceptors (Lipinski definition) is 4. The van der Waals surface area contributed by atoms with Crippen molar-refractivity contribution in [1.82, 2.24) is 10.2 Å². The van der Waals surface area contributed by atoms with Gasteiger partial charge in [0.2, 0.25) is 5.91 Å². The minimum absolute atomic E-state index is 0.0379. The maximum absolute atomic E-state index is 12.6. The largest absolute Gasteiger partial charge is 0.381 e. The lowest BCUT2D eigenvalue weighted by Gasteiger charge is -2.31. The molecule has 1 aromatic rings. The van der Waals surface area contributed by atoms with Crippen LogP contribution in [0.2, 0.25) is 0 Å². The Labute approximate surface area is 154 Å². The molecule has 6 nitrogen and oxygen atoms in total. The van der Waals surface area contributed by atoms with Gasteiger partial charge in [0.1, 0.15) is 11.6 Å². The van der Waals surface area contributed by atoms with Crippen molar-refractivity contribution < 1.29 is 19.4 Å².